The van der Waals surface area contributed by atoms with E-state index in [4.69, 9.17) is 14.0 Å². The quantitative estimate of drug-likeness (QED) is 0.584. The molecule has 7 nitrogen and oxygen atoms in total. The average molecular weight is 482 g/mol. The molecule has 0 bridgehead atoms. The lowest BCUT2D eigenvalue weighted by Crippen LogP contribution is -2.49. The first kappa shape index (κ1) is 25.8. The van der Waals surface area contributed by atoms with E-state index in [1.807, 2.05) is 73.6 Å². The van der Waals surface area contributed by atoms with E-state index in [2.05, 4.69) is 18.4 Å². The summed E-state index contributed by atoms with van der Waals surface area (Å²) >= 11 is 0. The summed E-state index contributed by atoms with van der Waals surface area (Å²) in [6.07, 6.45) is 0.441. The van der Waals surface area contributed by atoms with Crippen LogP contribution < -0.4 is 10.9 Å². The van der Waals surface area contributed by atoms with Crippen LogP contribution in [-0.4, -0.2) is 46.0 Å². The lowest BCUT2D eigenvalue weighted by molar-refractivity contribution is -0.00747. The number of nitrogens with zero attached hydrogens (tertiary/aromatic N) is 2. The molecule has 2 aromatic rings. The first-order chi connectivity index (χ1) is 16.0. The number of hydrogen-bond donors (Lipinski definition) is 0. The summed E-state index contributed by atoms with van der Waals surface area (Å²) in [5.74, 6) is 0. The molecule has 1 atom stereocenters. The van der Waals surface area contributed by atoms with E-state index in [9.17, 15) is 9.59 Å². The van der Waals surface area contributed by atoms with E-state index in [0.29, 0.717) is 17.5 Å². The molecule has 2 aliphatic rings. The standard InChI is InChI=1S/C27H39BN2O5/c1-16(2)30-21-15-18(28-34-26(7,8)27(9,10)35-28)11-12-19(21)23(31)17(3)22(30)20-13-14-29(20)24(32)33-25(4,5)6/h11-12,15-16,20H,13-14H2,1-10H3. The van der Waals surface area contributed by atoms with Crippen molar-refractivity contribution in [2.24, 2.45) is 0 Å². The fourth-order valence-corrected chi connectivity index (χ4v) is 4.87. The molecule has 190 valence electrons. The van der Waals surface area contributed by atoms with E-state index in [0.717, 1.165) is 23.1 Å². The van der Waals surface area contributed by atoms with Crippen LogP contribution in [0.3, 0.4) is 0 Å². The molecular formula is C27H39BN2O5. The number of benzene rings is 1. The molecule has 2 saturated heterocycles. The second-order valence-electron chi connectivity index (χ2n) is 12.1. The van der Waals surface area contributed by atoms with Crippen LogP contribution in [0.4, 0.5) is 4.79 Å². The fraction of sp³-hybridized carbons (Fsp3) is 0.630. The smallest absolute Gasteiger partial charge is 0.444 e. The topological polar surface area (TPSA) is 70.0 Å². The summed E-state index contributed by atoms with van der Waals surface area (Å²) in [6, 6.07) is 5.68. The molecule has 35 heavy (non-hydrogen) atoms. The maximum absolute atomic E-state index is 13.5. The minimum absolute atomic E-state index is 0.0107. The average Bonchev–Trinajstić information content (AvgIpc) is 2.90. The van der Waals surface area contributed by atoms with Crippen molar-refractivity contribution in [3.8, 4) is 0 Å². The maximum atomic E-state index is 13.5. The van der Waals surface area contributed by atoms with Gasteiger partial charge in [-0.2, -0.15) is 0 Å². The van der Waals surface area contributed by atoms with Gasteiger partial charge >= 0.3 is 13.2 Å². The van der Waals surface area contributed by atoms with E-state index < -0.39 is 23.9 Å². The van der Waals surface area contributed by atoms with E-state index in [1.165, 1.54) is 0 Å². The van der Waals surface area contributed by atoms with E-state index in [-0.39, 0.29) is 23.6 Å². The Bertz CT molecular complexity index is 1210. The Balaban J connectivity index is 1.84. The summed E-state index contributed by atoms with van der Waals surface area (Å²) in [7, 11) is -0.521. The molecule has 0 aliphatic carbocycles. The fourth-order valence-electron chi connectivity index (χ4n) is 4.87. The van der Waals surface area contributed by atoms with Crippen molar-refractivity contribution in [3.05, 3.63) is 39.7 Å². The summed E-state index contributed by atoms with van der Waals surface area (Å²) in [4.78, 5) is 28.1. The molecule has 0 spiro atoms. The van der Waals surface area contributed by atoms with Crippen LogP contribution in [0.2, 0.25) is 0 Å². The van der Waals surface area contributed by atoms with Gasteiger partial charge in [0.25, 0.3) is 0 Å². The lowest BCUT2D eigenvalue weighted by Gasteiger charge is -2.43. The highest BCUT2D eigenvalue weighted by Crippen LogP contribution is 2.39. The molecule has 0 radical (unpaired) electrons. The van der Waals surface area contributed by atoms with Crippen LogP contribution in [0.5, 0.6) is 0 Å². The summed E-state index contributed by atoms with van der Waals surface area (Å²) in [5.41, 5.74) is 1.75. The van der Waals surface area contributed by atoms with Gasteiger partial charge < -0.3 is 18.6 Å². The number of amides is 1. The number of hydrogen-bond acceptors (Lipinski definition) is 5. The predicted molar refractivity (Wildman–Crippen MR) is 139 cm³/mol. The second-order valence-corrected chi connectivity index (χ2v) is 12.1. The van der Waals surface area contributed by atoms with Crippen molar-refractivity contribution in [3.63, 3.8) is 0 Å². The van der Waals surface area contributed by atoms with Crippen LogP contribution in [0.1, 0.15) is 92.1 Å². The van der Waals surface area contributed by atoms with Crippen LogP contribution in [-0.2, 0) is 14.0 Å². The minimum atomic E-state index is -0.578. The zero-order valence-electron chi connectivity index (χ0n) is 22.8. The SMILES string of the molecule is Cc1c(C2CCN2C(=O)OC(C)(C)C)n(C(C)C)c2cc(B3OC(C)(C)C(C)(C)O3)ccc2c1=O. The van der Waals surface area contributed by atoms with Gasteiger partial charge in [-0.1, -0.05) is 6.07 Å². The number of likely N-dealkylation sites (tertiary alicyclic amines) is 1. The van der Waals surface area contributed by atoms with Crippen LogP contribution >= 0.6 is 0 Å². The van der Waals surface area contributed by atoms with Gasteiger partial charge in [-0.25, -0.2) is 4.79 Å². The summed E-state index contributed by atoms with van der Waals surface area (Å²) < 4.78 is 20.4. The van der Waals surface area contributed by atoms with Gasteiger partial charge in [0.15, 0.2) is 5.43 Å². The number of carbonyl (C=O) groups is 1. The maximum Gasteiger partial charge on any atom is 0.494 e. The first-order valence-electron chi connectivity index (χ1n) is 12.6. The molecule has 1 aromatic carbocycles. The number of aromatic nitrogens is 1. The van der Waals surface area contributed by atoms with Crippen LogP contribution in [0, 0.1) is 6.92 Å². The van der Waals surface area contributed by atoms with Gasteiger partial charge in [-0.3, -0.25) is 9.69 Å². The molecule has 4 rings (SSSR count). The van der Waals surface area contributed by atoms with Crippen molar-refractivity contribution in [1.82, 2.24) is 9.47 Å². The van der Waals surface area contributed by atoms with Gasteiger partial charge in [0.2, 0.25) is 0 Å². The van der Waals surface area contributed by atoms with Gasteiger partial charge in [-0.15, -0.1) is 0 Å². The number of carbonyl (C=O) groups excluding carboxylic acids is 1. The van der Waals surface area contributed by atoms with Crippen LogP contribution in [0.15, 0.2) is 23.0 Å². The number of fused-ring (bicyclic) bond motifs is 1. The van der Waals surface area contributed by atoms with Crippen molar-refractivity contribution in [1.29, 1.82) is 0 Å². The summed E-state index contributed by atoms with van der Waals surface area (Å²) in [6.45, 7) is 20.4. The zero-order chi connectivity index (χ0) is 26.1. The molecule has 1 amide bonds. The molecule has 3 heterocycles. The Hall–Kier alpha value is -2.32. The zero-order valence-corrected chi connectivity index (χ0v) is 22.8. The molecule has 1 aromatic heterocycles. The van der Waals surface area contributed by atoms with Crippen molar-refractivity contribution in [2.75, 3.05) is 6.54 Å². The van der Waals surface area contributed by atoms with Gasteiger partial charge in [0.05, 0.1) is 22.8 Å². The minimum Gasteiger partial charge on any atom is -0.444 e. The van der Waals surface area contributed by atoms with E-state index in [1.54, 1.807) is 4.90 Å². The molecule has 0 saturated carbocycles. The first-order valence-corrected chi connectivity index (χ1v) is 12.6. The third-order valence-corrected chi connectivity index (χ3v) is 7.52. The predicted octanol–water partition coefficient (Wildman–Crippen LogP) is 4.87. The number of rotatable bonds is 3. The van der Waals surface area contributed by atoms with E-state index >= 15 is 0 Å². The van der Waals surface area contributed by atoms with Gasteiger partial charge in [-0.05, 0) is 93.3 Å². The Kier molecular flexibility index (Phi) is 6.17. The third-order valence-electron chi connectivity index (χ3n) is 7.52. The number of ether oxygens (including phenoxy) is 1. The molecule has 0 N–H and O–H groups in total. The Labute approximate surface area is 208 Å². The summed E-state index contributed by atoms with van der Waals surface area (Å²) in [5, 5.41) is 0.656. The van der Waals surface area contributed by atoms with Gasteiger partial charge in [0, 0.05) is 29.2 Å². The lowest BCUT2D eigenvalue weighted by atomic mass is 9.78. The van der Waals surface area contributed by atoms with Crippen LogP contribution in [0.25, 0.3) is 10.9 Å². The monoisotopic (exact) mass is 482 g/mol. The largest absolute Gasteiger partial charge is 0.494 e. The van der Waals surface area contributed by atoms with Gasteiger partial charge in [0.1, 0.15) is 5.60 Å². The molecule has 2 fully saturated rings. The van der Waals surface area contributed by atoms with Crippen molar-refractivity contribution in [2.45, 2.75) is 105 Å². The van der Waals surface area contributed by atoms with Crippen molar-refractivity contribution < 1.29 is 18.8 Å². The Morgan fingerprint density at radius 2 is 1.74 bits per heavy atom. The highest BCUT2D eigenvalue weighted by Gasteiger charge is 2.51. The third kappa shape index (κ3) is 4.40. The molecule has 8 heteroatoms. The highest BCUT2D eigenvalue weighted by molar-refractivity contribution is 6.62. The normalized spacial score (nSPS) is 21.5. The Morgan fingerprint density at radius 1 is 1.14 bits per heavy atom. The molecule has 1 unspecified atom stereocenters. The Morgan fingerprint density at radius 3 is 2.23 bits per heavy atom. The molecular weight excluding hydrogens is 443 g/mol. The second kappa shape index (κ2) is 8.37. The van der Waals surface area contributed by atoms with Crippen molar-refractivity contribution >= 4 is 29.6 Å². The molecule has 2 aliphatic heterocycles. The number of pyridine rings is 1. The highest BCUT2D eigenvalue weighted by atomic mass is 16.7.